The standard InChI is InChI=1S/C5H3IN4O/c6-10-4-3(1-9-10)5(11)8-2-7-4/h1-2H,(H,7,8,11). The zero-order chi connectivity index (χ0) is 7.84. The van der Waals surface area contributed by atoms with Crippen molar-refractivity contribution in [3.63, 3.8) is 0 Å². The van der Waals surface area contributed by atoms with Crippen LogP contribution >= 0.6 is 22.9 Å². The van der Waals surface area contributed by atoms with Gasteiger partial charge in [0, 0.05) is 0 Å². The molecule has 2 rings (SSSR count). The van der Waals surface area contributed by atoms with E-state index < -0.39 is 0 Å². The Hall–Kier alpha value is -0.920. The van der Waals surface area contributed by atoms with Gasteiger partial charge in [0.05, 0.1) is 35.4 Å². The van der Waals surface area contributed by atoms with Crippen LogP contribution in [-0.4, -0.2) is 18.0 Å². The minimum absolute atomic E-state index is 0.155. The van der Waals surface area contributed by atoms with E-state index in [9.17, 15) is 4.79 Å². The molecule has 6 heteroatoms. The first-order valence-corrected chi connectivity index (χ1v) is 3.83. The van der Waals surface area contributed by atoms with E-state index in [0.717, 1.165) is 0 Å². The predicted octanol–water partition coefficient (Wildman–Crippen LogP) is 0.318. The predicted molar refractivity (Wildman–Crippen MR) is 47.6 cm³/mol. The second kappa shape index (κ2) is 2.29. The minimum Gasteiger partial charge on any atom is -0.312 e. The maximum atomic E-state index is 11.0. The Bertz CT molecular complexity index is 445. The smallest absolute Gasteiger partial charge is 0.261 e. The SMILES string of the molecule is O=c1[nH]cnc2c1cnn2I. The van der Waals surface area contributed by atoms with Crippen molar-refractivity contribution in [3.05, 3.63) is 22.9 Å². The van der Waals surface area contributed by atoms with Gasteiger partial charge in [0.25, 0.3) is 5.56 Å². The number of H-pyrrole nitrogens is 1. The summed E-state index contributed by atoms with van der Waals surface area (Å²) in [5, 5.41) is 4.39. The fourth-order valence-electron chi connectivity index (χ4n) is 0.827. The summed E-state index contributed by atoms with van der Waals surface area (Å²) in [5.41, 5.74) is 0.437. The summed E-state index contributed by atoms with van der Waals surface area (Å²) in [7, 11) is 0. The van der Waals surface area contributed by atoms with E-state index in [-0.39, 0.29) is 5.56 Å². The van der Waals surface area contributed by atoms with Crippen LogP contribution in [0.15, 0.2) is 17.3 Å². The van der Waals surface area contributed by atoms with E-state index >= 15 is 0 Å². The van der Waals surface area contributed by atoms with E-state index in [1.54, 1.807) is 0 Å². The zero-order valence-corrected chi connectivity index (χ0v) is 7.44. The number of aromatic amines is 1. The van der Waals surface area contributed by atoms with Crippen LogP contribution < -0.4 is 5.56 Å². The van der Waals surface area contributed by atoms with E-state index in [2.05, 4.69) is 15.1 Å². The van der Waals surface area contributed by atoms with Crippen molar-refractivity contribution < 1.29 is 0 Å². The van der Waals surface area contributed by atoms with Gasteiger partial charge in [0.2, 0.25) is 0 Å². The Morgan fingerprint density at radius 1 is 1.64 bits per heavy atom. The van der Waals surface area contributed by atoms with Crippen LogP contribution in [0.5, 0.6) is 0 Å². The van der Waals surface area contributed by atoms with Crippen molar-refractivity contribution >= 4 is 33.9 Å². The summed E-state index contributed by atoms with van der Waals surface area (Å²) in [6.45, 7) is 0. The molecule has 0 spiro atoms. The summed E-state index contributed by atoms with van der Waals surface area (Å²) >= 11 is 1.96. The molecule has 2 heterocycles. The molecule has 0 atom stereocenters. The van der Waals surface area contributed by atoms with Gasteiger partial charge in [-0.3, -0.25) is 4.79 Å². The van der Waals surface area contributed by atoms with Crippen molar-refractivity contribution in [2.45, 2.75) is 0 Å². The van der Waals surface area contributed by atoms with Crippen LogP contribution in [0, 0.1) is 0 Å². The quantitative estimate of drug-likeness (QED) is 0.695. The average Bonchev–Trinajstić information content (AvgIpc) is 2.35. The van der Waals surface area contributed by atoms with Crippen molar-refractivity contribution in [1.82, 2.24) is 18.0 Å². The number of halogens is 1. The molecule has 0 radical (unpaired) electrons. The van der Waals surface area contributed by atoms with Crippen LogP contribution in [0.3, 0.4) is 0 Å². The molecule has 0 aromatic carbocycles. The molecule has 56 valence electrons. The first-order chi connectivity index (χ1) is 5.29. The van der Waals surface area contributed by atoms with Gasteiger partial charge in [0.1, 0.15) is 5.39 Å². The van der Waals surface area contributed by atoms with Crippen molar-refractivity contribution in [2.24, 2.45) is 0 Å². The van der Waals surface area contributed by atoms with Gasteiger partial charge >= 0.3 is 0 Å². The number of nitrogens with zero attached hydrogens (tertiary/aromatic N) is 3. The maximum Gasteiger partial charge on any atom is 0.261 e. The van der Waals surface area contributed by atoms with Crippen molar-refractivity contribution in [1.29, 1.82) is 0 Å². The van der Waals surface area contributed by atoms with Crippen molar-refractivity contribution in [3.8, 4) is 0 Å². The highest BCUT2D eigenvalue weighted by Crippen LogP contribution is 2.06. The third-order valence-electron chi connectivity index (χ3n) is 1.33. The molecule has 0 aliphatic heterocycles. The topological polar surface area (TPSA) is 63.6 Å². The number of hydrogen-bond donors (Lipinski definition) is 1. The van der Waals surface area contributed by atoms with Crippen LogP contribution in [-0.2, 0) is 0 Å². The average molecular weight is 262 g/mol. The monoisotopic (exact) mass is 262 g/mol. The summed E-state index contributed by atoms with van der Waals surface area (Å²) < 4.78 is 1.53. The fraction of sp³-hybridized carbons (Fsp3) is 0. The lowest BCUT2D eigenvalue weighted by Gasteiger charge is -1.86. The first-order valence-electron chi connectivity index (χ1n) is 2.86. The number of hydrogen-bond acceptors (Lipinski definition) is 3. The molecule has 0 unspecified atom stereocenters. The molecule has 2 aromatic rings. The molecule has 0 amide bonds. The third-order valence-corrected chi connectivity index (χ3v) is 2.04. The van der Waals surface area contributed by atoms with Crippen LogP contribution in [0.4, 0.5) is 0 Å². The number of fused-ring (bicyclic) bond motifs is 1. The van der Waals surface area contributed by atoms with Gasteiger partial charge in [-0.05, 0) is 0 Å². The summed E-state index contributed by atoms with van der Waals surface area (Å²) in [6, 6.07) is 0. The molecule has 0 bridgehead atoms. The molecule has 0 saturated carbocycles. The van der Waals surface area contributed by atoms with E-state index in [1.807, 2.05) is 22.9 Å². The molecule has 0 aliphatic rings. The Kier molecular flexibility index (Phi) is 1.41. The lowest BCUT2D eigenvalue weighted by Crippen LogP contribution is -2.04. The third kappa shape index (κ3) is 0.934. The Morgan fingerprint density at radius 3 is 3.18 bits per heavy atom. The molecule has 11 heavy (non-hydrogen) atoms. The summed E-state index contributed by atoms with van der Waals surface area (Å²) in [5.74, 6) is 0. The molecule has 1 N–H and O–H groups in total. The van der Waals surface area contributed by atoms with Gasteiger partial charge in [-0.2, -0.15) is 7.99 Å². The molecular formula is C5H3IN4O. The van der Waals surface area contributed by atoms with Crippen LogP contribution in [0.1, 0.15) is 0 Å². The first kappa shape index (κ1) is 6.77. The normalized spacial score (nSPS) is 10.6. The van der Waals surface area contributed by atoms with Gasteiger partial charge < -0.3 is 4.98 Å². The number of aromatic nitrogens is 4. The highest BCUT2D eigenvalue weighted by molar-refractivity contribution is 14.1. The number of rotatable bonds is 0. The van der Waals surface area contributed by atoms with Gasteiger partial charge in [-0.25, -0.2) is 4.98 Å². The molecule has 0 fully saturated rings. The molecule has 0 aliphatic carbocycles. The zero-order valence-electron chi connectivity index (χ0n) is 5.28. The summed E-state index contributed by atoms with van der Waals surface area (Å²) in [4.78, 5) is 17.4. The van der Waals surface area contributed by atoms with Gasteiger partial charge in [-0.1, -0.05) is 0 Å². The lowest BCUT2D eigenvalue weighted by atomic mass is 10.4. The van der Waals surface area contributed by atoms with Gasteiger partial charge in [-0.15, -0.1) is 0 Å². The molecule has 5 nitrogen and oxygen atoms in total. The molecule has 2 aromatic heterocycles. The Balaban J connectivity index is 3.06. The van der Waals surface area contributed by atoms with Gasteiger partial charge in [0.15, 0.2) is 5.65 Å². The molecule has 0 saturated heterocycles. The highest BCUT2D eigenvalue weighted by atomic mass is 127. The lowest BCUT2D eigenvalue weighted by molar-refractivity contribution is 1.06. The fourth-order valence-corrected chi connectivity index (χ4v) is 1.34. The van der Waals surface area contributed by atoms with Crippen molar-refractivity contribution in [2.75, 3.05) is 0 Å². The minimum atomic E-state index is -0.155. The Morgan fingerprint density at radius 2 is 2.45 bits per heavy atom. The largest absolute Gasteiger partial charge is 0.312 e. The summed E-state index contributed by atoms with van der Waals surface area (Å²) in [6.07, 6.45) is 2.86. The van der Waals surface area contributed by atoms with E-state index in [4.69, 9.17) is 0 Å². The number of nitrogens with one attached hydrogen (secondary N) is 1. The van der Waals surface area contributed by atoms with E-state index in [1.165, 1.54) is 15.4 Å². The second-order valence-corrected chi connectivity index (χ2v) is 2.89. The highest BCUT2D eigenvalue weighted by Gasteiger charge is 2.03. The van der Waals surface area contributed by atoms with Crippen LogP contribution in [0.2, 0.25) is 0 Å². The molecular weight excluding hydrogens is 259 g/mol. The second-order valence-electron chi connectivity index (χ2n) is 1.97. The van der Waals surface area contributed by atoms with Crippen LogP contribution in [0.25, 0.3) is 11.0 Å². The Labute approximate surface area is 74.9 Å². The maximum absolute atomic E-state index is 11.0. The van der Waals surface area contributed by atoms with E-state index in [0.29, 0.717) is 11.0 Å².